The molecule has 1 aromatic rings. The van der Waals surface area contributed by atoms with E-state index >= 15 is 0 Å². The Morgan fingerprint density at radius 1 is 1.12 bits per heavy atom. The van der Waals surface area contributed by atoms with Gasteiger partial charge in [0.05, 0.1) is 9.82 Å². The first-order chi connectivity index (χ1) is 11.4. The normalized spacial score (nSPS) is 20.5. The van der Waals surface area contributed by atoms with Gasteiger partial charge in [0.25, 0.3) is 5.69 Å². The average Bonchev–Trinajstić information content (AvgIpc) is 3.09. The van der Waals surface area contributed by atoms with Gasteiger partial charge in [0.2, 0.25) is 10.0 Å². The summed E-state index contributed by atoms with van der Waals surface area (Å²) < 4.78 is 27.0. The molecule has 132 valence electrons. The van der Waals surface area contributed by atoms with Crippen LogP contribution in [0.1, 0.15) is 32.6 Å². The third-order valence-corrected chi connectivity index (χ3v) is 6.87. The number of hydrogen-bond acceptors (Lipinski definition) is 5. The number of sulfonamides is 1. The van der Waals surface area contributed by atoms with Crippen molar-refractivity contribution >= 4 is 21.4 Å². The van der Waals surface area contributed by atoms with E-state index in [-0.39, 0.29) is 10.6 Å². The number of nitro groups is 1. The molecule has 7 nitrogen and oxygen atoms in total. The van der Waals surface area contributed by atoms with Gasteiger partial charge in [0.1, 0.15) is 5.69 Å². The van der Waals surface area contributed by atoms with Crippen LogP contribution >= 0.6 is 0 Å². The van der Waals surface area contributed by atoms with Gasteiger partial charge in [-0.15, -0.1) is 0 Å². The Labute approximate surface area is 142 Å². The molecular weight excluding hydrogens is 330 g/mol. The van der Waals surface area contributed by atoms with Gasteiger partial charge in [-0.2, -0.15) is 4.31 Å². The lowest BCUT2D eigenvalue weighted by molar-refractivity contribution is -0.384. The molecule has 2 aliphatic heterocycles. The van der Waals surface area contributed by atoms with Crippen LogP contribution in [0.25, 0.3) is 0 Å². The fraction of sp³-hybridized carbons (Fsp3) is 0.625. The minimum atomic E-state index is -3.67. The monoisotopic (exact) mass is 353 g/mol. The smallest absolute Gasteiger partial charge is 0.293 e. The van der Waals surface area contributed by atoms with Gasteiger partial charge >= 0.3 is 0 Å². The molecule has 0 aliphatic carbocycles. The van der Waals surface area contributed by atoms with Crippen molar-refractivity contribution in [1.29, 1.82) is 0 Å². The number of anilines is 1. The Bertz CT molecular complexity index is 721. The standard InChI is InChI=1S/C16H23N3O4S/c1-13-6-10-18(11-7-13)24(22,23)14-4-5-15(16(12-14)19(20)21)17-8-2-3-9-17/h4-5,12-13H,2-3,6-11H2,1H3. The average molecular weight is 353 g/mol. The maximum absolute atomic E-state index is 12.8. The van der Waals surface area contributed by atoms with Crippen LogP contribution in [0, 0.1) is 16.0 Å². The largest absolute Gasteiger partial charge is 0.366 e. The fourth-order valence-electron chi connectivity index (χ4n) is 3.41. The van der Waals surface area contributed by atoms with Gasteiger partial charge in [0.15, 0.2) is 0 Å². The van der Waals surface area contributed by atoms with Crippen LogP contribution in [0.4, 0.5) is 11.4 Å². The molecule has 0 radical (unpaired) electrons. The lowest BCUT2D eigenvalue weighted by atomic mass is 10.0. The van der Waals surface area contributed by atoms with E-state index in [4.69, 9.17) is 0 Å². The van der Waals surface area contributed by atoms with E-state index in [0.29, 0.717) is 24.7 Å². The molecule has 0 atom stereocenters. The summed E-state index contributed by atoms with van der Waals surface area (Å²) in [5, 5.41) is 11.4. The van der Waals surface area contributed by atoms with Crippen molar-refractivity contribution in [2.45, 2.75) is 37.5 Å². The third-order valence-electron chi connectivity index (χ3n) is 4.97. The number of piperidine rings is 1. The van der Waals surface area contributed by atoms with Crippen LogP contribution in [0.3, 0.4) is 0 Å². The maximum Gasteiger partial charge on any atom is 0.293 e. The second-order valence-corrected chi connectivity index (χ2v) is 8.63. The minimum absolute atomic E-state index is 0.0201. The highest BCUT2D eigenvalue weighted by atomic mass is 32.2. The van der Waals surface area contributed by atoms with E-state index in [2.05, 4.69) is 6.92 Å². The fourth-order valence-corrected chi connectivity index (χ4v) is 4.90. The number of nitro benzene ring substituents is 1. The van der Waals surface area contributed by atoms with Crippen LogP contribution in [-0.2, 0) is 10.0 Å². The van der Waals surface area contributed by atoms with Crippen molar-refractivity contribution in [3.8, 4) is 0 Å². The highest BCUT2D eigenvalue weighted by Gasteiger charge is 2.31. The SMILES string of the molecule is CC1CCN(S(=O)(=O)c2ccc(N3CCCC3)c([N+](=O)[O-])c2)CC1. The van der Waals surface area contributed by atoms with Gasteiger partial charge in [-0.3, -0.25) is 10.1 Å². The summed E-state index contributed by atoms with van der Waals surface area (Å²) in [6, 6.07) is 4.32. The predicted octanol–water partition coefficient (Wildman–Crippen LogP) is 2.62. The van der Waals surface area contributed by atoms with Crippen molar-refractivity contribution in [2.75, 3.05) is 31.1 Å². The Morgan fingerprint density at radius 3 is 2.33 bits per heavy atom. The predicted molar refractivity (Wildman–Crippen MR) is 91.7 cm³/mol. The molecule has 0 aromatic heterocycles. The lowest BCUT2D eigenvalue weighted by Crippen LogP contribution is -2.37. The van der Waals surface area contributed by atoms with Crippen LogP contribution < -0.4 is 4.90 Å². The number of rotatable bonds is 4. The Morgan fingerprint density at radius 2 is 1.75 bits per heavy atom. The third kappa shape index (κ3) is 3.25. The zero-order valence-corrected chi connectivity index (χ0v) is 14.7. The molecule has 24 heavy (non-hydrogen) atoms. The van der Waals surface area contributed by atoms with E-state index in [9.17, 15) is 18.5 Å². The van der Waals surface area contributed by atoms with E-state index in [1.807, 2.05) is 4.90 Å². The molecular formula is C16H23N3O4S. The molecule has 0 spiro atoms. The van der Waals surface area contributed by atoms with Crippen molar-refractivity contribution in [1.82, 2.24) is 4.31 Å². The summed E-state index contributed by atoms with van der Waals surface area (Å²) in [6.45, 7) is 4.61. The molecule has 0 unspecified atom stereocenters. The van der Waals surface area contributed by atoms with Crippen LogP contribution in [0.15, 0.2) is 23.1 Å². The molecule has 1 aromatic carbocycles. The summed E-state index contributed by atoms with van der Waals surface area (Å²) in [6.07, 6.45) is 3.66. The van der Waals surface area contributed by atoms with Gasteiger partial charge in [-0.05, 0) is 43.7 Å². The molecule has 2 saturated heterocycles. The van der Waals surface area contributed by atoms with Crippen molar-refractivity contribution < 1.29 is 13.3 Å². The number of hydrogen-bond donors (Lipinski definition) is 0. The molecule has 3 rings (SSSR count). The molecule has 2 aliphatic rings. The van der Waals surface area contributed by atoms with Gasteiger partial charge in [-0.1, -0.05) is 6.92 Å². The summed E-state index contributed by atoms with van der Waals surface area (Å²) in [7, 11) is -3.67. The highest BCUT2D eigenvalue weighted by molar-refractivity contribution is 7.89. The van der Waals surface area contributed by atoms with Gasteiger partial charge < -0.3 is 4.90 Å². The maximum atomic E-state index is 12.8. The second-order valence-electron chi connectivity index (χ2n) is 6.69. The van der Waals surface area contributed by atoms with Crippen molar-refractivity contribution in [3.63, 3.8) is 0 Å². The molecule has 0 amide bonds. The Kier molecular flexibility index (Phi) is 4.78. The number of benzene rings is 1. The first-order valence-corrected chi connectivity index (χ1v) is 9.87. The van der Waals surface area contributed by atoms with Crippen molar-refractivity contribution in [3.05, 3.63) is 28.3 Å². The quantitative estimate of drug-likeness (QED) is 0.614. The van der Waals surface area contributed by atoms with Gasteiger partial charge in [-0.25, -0.2) is 8.42 Å². The van der Waals surface area contributed by atoms with Gasteiger partial charge in [0, 0.05) is 32.2 Å². The van der Waals surface area contributed by atoms with E-state index in [1.54, 1.807) is 6.07 Å². The lowest BCUT2D eigenvalue weighted by Gasteiger charge is -2.29. The molecule has 0 bridgehead atoms. The van der Waals surface area contributed by atoms with Crippen molar-refractivity contribution in [2.24, 2.45) is 5.92 Å². The van der Waals surface area contributed by atoms with Crippen LogP contribution in [0.5, 0.6) is 0 Å². The first kappa shape index (κ1) is 17.2. The van der Waals surface area contributed by atoms with E-state index in [1.165, 1.54) is 16.4 Å². The molecule has 2 heterocycles. The zero-order chi connectivity index (χ0) is 17.3. The topological polar surface area (TPSA) is 83.8 Å². The van der Waals surface area contributed by atoms with Crippen LogP contribution in [-0.4, -0.2) is 43.8 Å². The Hall–Kier alpha value is -1.67. The summed E-state index contributed by atoms with van der Waals surface area (Å²) in [4.78, 5) is 12.9. The summed E-state index contributed by atoms with van der Waals surface area (Å²) in [5.41, 5.74) is 0.395. The first-order valence-electron chi connectivity index (χ1n) is 8.43. The molecule has 2 fully saturated rings. The van der Waals surface area contributed by atoms with Crippen LogP contribution in [0.2, 0.25) is 0 Å². The summed E-state index contributed by atoms with van der Waals surface area (Å²) >= 11 is 0. The second kappa shape index (κ2) is 6.68. The molecule has 0 N–H and O–H groups in total. The zero-order valence-electron chi connectivity index (χ0n) is 13.8. The Balaban J connectivity index is 1.93. The number of nitrogens with zero attached hydrogens (tertiary/aromatic N) is 3. The molecule has 8 heteroatoms. The van der Waals surface area contributed by atoms with E-state index in [0.717, 1.165) is 38.8 Å². The highest BCUT2D eigenvalue weighted by Crippen LogP contribution is 2.34. The summed E-state index contributed by atoms with van der Waals surface area (Å²) in [5.74, 6) is 0.517. The minimum Gasteiger partial charge on any atom is -0.366 e. The molecule has 0 saturated carbocycles. The van der Waals surface area contributed by atoms with E-state index < -0.39 is 14.9 Å².